The van der Waals surface area contributed by atoms with Gasteiger partial charge in [0.1, 0.15) is 17.8 Å². The molecule has 2 aromatic heterocycles. The third-order valence-electron chi connectivity index (χ3n) is 6.56. The summed E-state index contributed by atoms with van der Waals surface area (Å²) in [6.07, 6.45) is 3.74. The topological polar surface area (TPSA) is 88.1 Å². The van der Waals surface area contributed by atoms with Crippen LogP contribution in [0.15, 0.2) is 42.7 Å². The lowest BCUT2D eigenvalue weighted by Crippen LogP contribution is -2.32. The summed E-state index contributed by atoms with van der Waals surface area (Å²) in [4.78, 5) is 15.7. The van der Waals surface area contributed by atoms with E-state index in [9.17, 15) is 0 Å². The molecule has 9 nitrogen and oxygen atoms in total. The molecule has 9 heteroatoms. The van der Waals surface area contributed by atoms with Gasteiger partial charge in [0.05, 0.1) is 44.4 Å². The van der Waals surface area contributed by atoms with Crippen LogP contribution in [0, 0.1) is 5.92 Å². The number of benzene rings is 2. The molecule has 1 fully saturated rings. The number of rotatable bonds is 8. The molecule has 0 N–H and O–H groups in total. The molecule has 1 aliphatic rings. The van der Waals surface area contributed by atoms with Crippen molar-refractivity contribution in [2.24, 2.45) is 5.92 Å². The number of hydrogen-bond acceptors (Lipinski definition) is 9. The molecule has 1 aliphatic heterocycles. The summed E-state index contributed by atoms with van der Waals surface area (Å²) in [5.41, 5.74) is 1.39. The van der Waals surface area contributed by atoms with E-state index in [1.54, 1.807) is 27.4 Å². The van der Waals surface area contributed by atoms with Crippen LogP contribution in [0.1, 0.15) is 12.8 Å². The molecule has 3 heterocycles. The van der Waals surface area contributed by atoms with Crippen LogP contribution in [0.5, 0.6) is 34.8 Å². The van der Waals surface area contributed by atoms with Gasteiger partial charge in [0, 0.05) is 23.6 Å². The Morgan fingerprint density at radius 1 is 0.833 bits per heavy atom. The van der Waals surface area contributed by atoms with Crippen LogP contribution in [0.25, 0.3) is 21.8 Å². The Kier molecular flexibility index (Phi) is 6.90. The number of pyridine rings is 1. The zero-order valence-corrected chi connectivity index (χ0v) is 21.0. The van der Waals surface area contributed by atoms with E-state index in [1.807, 2.05) is 30.3 Å². The van der Waals surface area contributed by atoms with Crippen LogP contribution in [-0.2, 0) is 0 Å². The van der Waals surface area contributed by atoms with Crippen molar-refractivity contribution < 1.29 is 23.7 Å². The summed E-state index contributed by atoms with van der Waals surface area (Å²) in [5, 5.41) is 1.57. The van der Waals surface area contributed by atoms with Gasteiger partial charge in [0.2, 0.25) is 11.8 Å². The number of ether oxygens (including phenoxy) is 5. The highest BCUT2D eigenvalue weighted by molar-refractivity contribution is 5.88. The highest BCUT2D eigenvalue weighted by Crippen LogP contribution is 2.37. The van der Waals surface area contributed by atoms with Crippen LogP contribution < -0.4 is 23.7 Å². The minimum absolute atomic E-state index is 0.411. The molecule has 1 saturated heterocycles. The number of likely N-dealkylation sites (tertiary alicyclic amines) is 1. The van der Waals surface area contributed by atoms with Gasteiger partial charge in [-0.1, -0.05) is 0 Å². The summed E-state index contributed by atoms with van der Waals surface area (Å²) in [7, 11) is 6.97. The monoisotopic (exact) mass is 490 g/mol. The highest BCUT2D eigenvalue weighted by Gasteiger charge is 2.19. The zero-order valence-electron chi connectivity index (χ0n) is 21.0. The van der Waals surface area contributed by atoms with Crippen LogP contribution in [0.2, 0.25) is 0 Å². The smallest absolute Gasteiger partial charge is 0.230 e. The van der Waals surface area contributed by atoms with Gasteiger partial charge in [-0.05, 0) is 57.1 Å². The first kappa shape index (κ1) is 23.9. The van der Waals surface area contributed by atoms with Crippen LogP contribution in [0.4, 0.5) is 0 Å². The van der Waals surface area contributed by atoms with Crippen molar-refractivity contribution in [1.29, 1.82) is 0 Å². The number of fused-ring (bicyclic) bond motifs is 2. The molecule has 5 rings (SSSR count). The molecule has 0 saturated carbocycles. The Hall–Kier alpha value is -3.85. The van der Waals surface area contributed by atoms with Crippen LogP contribution >= 0.6 is 0 Å². The third-order valence-corrected chi connectivity index (χ3v) is 6.56. The lowest BCUT2D eigenvalue weighted by molar-refractivity contribution is 0.157. The molecule has 0 spiro atoms. The number of methoxy groups -OCH3 is 3. The summed E-state index contributed by atoms with van der Waals surface area (Å²) < 4.78 is 28.8. The van der Waals surface area contributed by atoms with E-state index in [1.165, 1.54) is 6.33 Å². The number of nitrogens with zero attached hydrogens (tertiary/aromatic N) is 4. The number of aromatic nitrogens is 3. The van der Waals surface area contributed by atoms with Crippen LogP contribution in [0.3, 0.4) is 0 Å². The fourth-order valence-corrected chi connectivity index (χ4v) is 4.43. The van der Waals surface area contributed by atoms with E-state index in [0.29, 0.717) is 58.3 Å². The van der Waals surface area contributed by atoms with E-state index in [4.69, 9.17) is 23.7 Å². The first-order chi connectivity index (χ1) is 17.6. The zero-order chi connectivity index (χ0) is 25.1. The summed E-state index contributed by atoms with van der Waals surface area (Å²) in [5.74, 6) is 3.94. The molecule has 0 unspecified atom stereocenters. The second-order valence-electron chi connectivity index (χ2n) is 8.90. The van der Waals surface area contributed by atoms with Gasteiger partial charge >= 0.3 is 0 Å². The first-order valence-corrected chi connectivity index (χ1v) is 11.9. The molecule has 0 bridgehead atoms. The van der Waals surface area contributed by atoms with E-state index < -0.39 is 0 Å². The minimum Gasteiger partial charge on any atom is -0.496 e. The predicted molar refractivity (Wildman–Crippen MR) is 137 cm³/mol. The SMILES string of the molecule is COc1cc(OC)c2ccc(Oc3ncnc4cc(OCC5CCN(C)CC5)c(OC)cc34)cc2n1. The van der Waals surface area contributed by atoms with Gasteiger partial charge < -0.3 is 28.6 Å². The van der Waals surface area contributed by atoms with Crippen molar-refractivity contribution in [2.75, 3.05) is 48.1 Å². The van der Waals surface area contributed by atoms with Crippen LogP contribution in [-0.4, -0.2) is 67.9 Å². The maximum atomic E-state index is 6.18. The van der Waals surface area contributed by atoms with E-state index in [-0.39, 0.29) is 0 Å². The molecular formula is C27H30N4O5. The predicted octanol–water partition coefficient (Wildman–Crippen LogP) is 4.72. The van der Waals surface area contributed by atoms with E-state index in [0.717, 1.165) is 36.7 Å². The molecule has 188 valence electrons. The molecule has 4 aromatic rings. The van der Waals surface area contributed by atoms with Crippen molar-refractivity contribution >= 4 is 21.8 Å². The number of hydrogen-bond donors (Lipinski definition) is 0. The summed E-state index contributed by atoms with van der Waals surface area (Å²) in [6.45, 7) is 2.85. The lowest BCUT2D eigenvalue weighted by Gasteiger charge is -2.28. The Bertz CT molecular complexity index is 1370. The normalized spacial score (nSPS) is 14.7. The molecule has 2 aromatic carbocycles. The van der Waals surface area contributed by atoms with Crippen molar-refractivity contribution in [3.05, 3.63) is 42.7 Å². The van der Waals surface area contributed by atoms with Crippen molar-refractivity contribution in [3.63, 3.8) is 0 Å². The first-order valence-electron chi connectivity index (χ1n) is 11.9. The fourth-order valence-electron chi connectivity index (χ4n) is 4.43. The Balaban J connectivity index is 1.42. The fraction of sp³-hybridized carbons (Fsp3) is 0.370. The maximum absolute atomic E-state index is 6.18. The Morgan fingerprint density at radius 3 is 2.39 bits per heavy atom. The summed E-state index contributed by atoms with van der Waals surface area (Å²) >= 11 is 0. The summed E-state index contributed by atoms with van der Waals surface area (Å²) in [6, 6.07) is 11.1. The maximum Gasteiger partial charge on any atom is 0.230 e. The average Bonchev–Trinajstić information content (AvgIpc) is 2.91. The molecule has 0 aliphatic carbocycles. The lowest BCUT2D eigenvalue weighted by atomic mass is 9.98. The van der Waals surface area contributed by atoms with Gasteiger partial charge in [-0.3, -0.25) is 0 Å². The van der Waals surface area contributed by atoms with E-state index >= 15 is 0 Å². The minimum atomic E-state index is 0.411. The van der Waals surface area contributed by atoms with Crippen molar-refractivity contribution in [2.45, 2.75) is 12.8 Å². The Morgan fingerprint density at radius 2 is 1.64 bits per heavy atom. The standard InChI is InChI=1S/C27H30N4O5/c1-31-9-7-17(8-10-31)15-35-25-13-21-20(12-24(25)33-3)27(29-16-28-21)36-18-5-6-19-22(11-18)30-26(34-4)14-23(19)32-2/h5-6,11-14,16-17H,7-10,15H2,1-4H3. The molecule has 0 radical (unpaired) electrons. The second kappa shape index (κ2) is 10.4. The molecule has 0 atom stereocenters. The third kappa shape index (κ3) is 4.92. The van der Waals surface area contributed by atoms with Crippen molar-refractivity contribution in [3.8, 4) is 34.8 Å². The number of piperidine rings is 1. The molecule has 36 heavy (non-hydrogen) atoms. The highest BCUT2D eigenvalue weighted by atomic mass is 16.5. The van der Waals surface area contributed by atoms with Gasteiger partial charge in [0.15, 0.2) is 11.5 Å². The van der Waals surface area contributed by atoms with Gasteiger partial charge in [0.25, 0.3) is 0 Å². The van der Waals surface area contributed by atoms with Gasteiger partial charge in [-0.2, -0.15) is 0 Å². The van der Waals surface area contributed by atoms with E-state index in [2.05, 4.69) is 26.9 Å². The second-order valence-corrected chi connectivity index (χ2v) is 8.90. The molecule has 0 amide bonds. The molecular weight excluding hydrogens is 460 g/mol. The quantitative estimate of drug-likeness (QED) is 0.348. The Labute approximate surface area is 209 Å². The van der Waals surface area contributed by atoms with Crippen molar-refractivity contribution in [1.82, 2.24) is 19.9 Å². The average molecular weight is 491 g/mol. The van der Waals surface area contributed by atoms with Gasteiger partial charge in [-0.15, -0.1) is 0 Å². The largest absolute Gasteiger partial charge is 0.496 e. The van der Waals surface area contributed by atoms with Gasteiger partial charge in [-0.25, -0.2) is 15.0 Å².